The van der Waals surface area contributed by atoms with Gasteiger partial charge >= 0.3 is 0 Å². The van der Waals surface area contributed by atoms with Crippen LogP contribution in [0.2, 0.25) is 0 Å². The highest BCUT2D eigenvalue weighted by Gasteiger charge is 2.20. The van der Waals surface area contributed by atoms with Gasteiger partial charge in [-0.15, -0.1) is 0 Å². The van der Waals surface area contributed by atoms with E-state index in [9.17, 15) is 4.79 Å². The fourth-order valence-electron chi connectivity index (χ4n) is 2.20. The van der Waals surface area contributed by atoms with E-state index in [4.69, 9.17) is 4.74 Å². The normalized spacial score (nSPS) is 20.0. The van der Waals surface area contributed by atoms with Crippen LogP contribution in [0.15, 0.2) is 24.3 Å². The van der Waals surface area contributed by atoms with Crippen molar-refractivity contribution in [2.24, 2.45) is 0 Å². The molecule has 0 aliphatic carbocycles. The van der Waals surface area contributed by atoms with E-state index in [1.165, 1.54) is 0 Å². The molecule has 0 radical (unpaired) electrons. The number of nitrogens with zero attached hydrogens (tertiary/aromatic N) is 1. The Morgan fingerprint density at radius 1 is 1.58 bits per heavy atom. The summed E-state index contributed by atoms with van der Waals surface area (Å²) in [5, 5.41) is 6.22. The minimum atomic E-state index is 0.0157. The number of piperazine rings is 1. The number of ether oxygens (including phenoxy) is 1. The molecule has 5 heteroatoms. The molecule has 2 rings (SSSR count). The smallest absolute Gasteiger partial charge is 0.238 e. The molecule has 1 aliphatic rings. The van der Waals surface area contributed by atoms with E-state index in [0.29, 0.717) is 12.6 Å². The number of methoxy groups -OCH3 is 1. The second kappa shape index (κ2) is 6.54. The molecule has 1 aromatic carbocycles. The number of hydrogen-bond acceptors (Lipinski definition) is 4. The van der Waals surface area contributed by atoms with Gasteiger partial charge in [-0.25, -0.2) is 0 Å². The van der Waals surface area contributed by atoms with E-state index < -0.39 is 0 Å². The maximum Gasteiger partial charge on any atom is 0.238 e. The maximum absolute atomic E-state index is 12.0. The molecule has 2 N–H and O–H groups in total. The lowest BCUT2D eigenvalue weighted by Gasteiger charge is -2.33. The molecule has 1 aromatic rings. The Morgan fingerprint density at radius 3 is 3.16 bits per heavy atom. The van der Waals surface area contributed by atoms with Gasteiger partial charge in [0, 0.05) is 37.4 Å². The molecule has 1 heterocycles. The molecular formula is C14H21N3O2. The zero-order valence-corrected chi connectivity index (χ0v) is 11.5. The summed E-state index contributed by atoms with van der Waals surface area (Å²) in [5.74, 6) is 0.760. The molecule has 0 bridgehead atoms. The van der Waals surface area contributed by atoms with Crippen LogP contribution in [0.3, 0.4) is 0 Å². The molecule has 19 heavy (non-hydrogen) atoms. The third-order valence-corrected chi connectivity index (χ3v) is 3.34. The van der Waals surface area contributed by atoms with Crippen molar-refractivity contribution in [3.63, 3.8) is 0 Å². The molecule has 0 saturated carbocycles. The summed E-state index contributed by atoms with van der Waals surface area (Å²) >= 11 is 0. The Bertz CT molecular complexity index is 436. The van der Waals surface area contributed by atoms with Gasteiger partial charge in [0.2, 0.25) is 5.91 Å². The number of amides is 1. The standard InChI is InChI=1S/C14H21N3O2/c1-11-9-15-6-7-17(11)10-14(18)16-12-4-3-5-13(8-12)19-2/h3-5,8,11,15H,6-7,9-10H2,1-2H3,(H,16,18). The van der Waals surface area contributed by atoms with Crippen LogP contribution in [0.5, 0.6) is 5.75 Å². The molecule has 0 spiro atoms. The summed E-state index contributed by atoms with van der Waals surface area (Å²) in [4.78, 5) is 14.2. The third-order valence-electron chi connectivity index (χ3n) is 3.34. The number of rotatable bonds is 4. The van der Waals surface area contributed by atoms with Gasteiger partial charge in [-0.1, -0.05) is 6.07 Å². The molecule has 1 unspecified atom stereocenters. The minimum absolute atomic E-state index is 0.0157. The molecule has 104 valence electrons. The molecule has 1 fully saturated rings. The first-order valence-corrected chi connectivity index (χ1v) is 6.57. The number of carbonyl (C=O) groups is 1. The molecular weight excluding hydrogens is 242 g/mol. The van der Waals surface area contributed by atoms with Gasteiger partial charge in [-0.05, 0) is 19.1 Å². The maximum atomic E-state index is 12.0. The second-order valence-corrected chi connectivity index (χ2v) is 4.80. The van der Waals surface area contributed by atoms with Crippen molar-refractivity contribution in [2.75, 3.05) is 38.6 Å². The Labute approximate surface area is 113 Å². The van der Waals surface area contributed by atoms with Crippen LogP contribution in [0.4, 0.5) is 5.69 Å². The number of nitrogens with one attached hydrogen (secondary N) is 2. The Hall–Kier alpha value is -1.59. The van der Waals surface area contributed by atoms with Crippen LogP contribution >= 0.6 is 0 Å². The highest BCUT2D eigenvalue weighted by Crippen LogP contribution is 2.16. The fourth-order valence-corrected chi connectivity index (χ4v) is 2.20. The van der Waals surface area contributed by atoms with Crippen molar-refractivity contribution >= 4 is 11.6 Å². The predicted molar refractivity (Wildman–Crippen MR) is 75.5 cm³/mol. The lowest BCUT2D eigenvalue weighted by molar-refractivity contribution is -0.118. The number of benzene rings is 1. The lowest BCUT2D eigenvalue weighted by atomic mass is 10.2. The van der Waals surface area contributed by atoms with Crippen molar-refractivity contribution in [3.05, 3.63) is 24.3 Å². The minimum Gasteiger partial charge on any atom is -0.497 e. The average molecular weight is 263 g/mol. The van der Waals surface area contributed by atoms with Crippen LogP contribution in [0.25, 0.3) is 0 Å². The van der Waals surface area contributed by atoms with Crippen LogP contribution in [-0.4, -0.2) is 50.1 Å². The predicted octanol–water partition coefficient (Wildman–Crippen LogP) is 0.927. The van der Waals surface area contributed by atoms with Crippen molar-refractivity contribution < 1.29 is 9.53 Å². The summed E-state index contributed by atoms with van der Waals surface area (Å²) in [6, 6.07) is 7.79. The monoisotopic (exact) mass is 263 g/mol. The van der Waals surface area contributed by atoms with E-state index in [2.05, 4.69) is 22.5 Å². The van der Waals surface area contributed by atoms with Crippen LogP contribution in [-0.2, 0) is 4.79 Å². The number of hydrogen-bond donors (Lipinski definition) is 2. The molecule has 1 amide bonds. The first-order chi connectivity index (χ1) is 9.19. The van der Waals surface area contributed by atoms with E-state index in [1.807, 2.05) is 24.3 Å². The van der Waals surface area contributed by atoms with Crippen LogP contribution in [0, 0.1) is 0 Å². The van der Waals surface area contributed by atoms with Gasteiger partial charge in [-0.2, -0.15) is 0 Å². The van der Waals surface area contributed by atoms with Crippen molar-refractivity contribution in [3.8, 4) is 5.75 Å². The zero-order chi connectivity index (χ0) is 13.7. The van der Waals surface area contributed by atoms with E-state index >= 15 is 0 Å². The van der Waals surface area contributed by atoms with Crippen LogP contribution < -0.4 is 15.4 Å². The molecule has 1 saturated heterocycles. The van der Waals surface area contributed by atoms with Crippen molar-refractivity contribution in [2.45, 2.75) is 13.0 Å². The van der Waals surface area contributed by atoms with Gasteiger partial charge in [0.15, 0.2) is 0 Å². The summed E-state index contributed by atoms with van der Waals surface area (Å²) in [6.07, 6.45) is 0. The summed E-state index contributed by atoms with van der Waals surface area (Å²) < 4.78 is 5.13. The average Bonchev–Trinajstić information content (AvgIpc) is 2.41. The highest BCUT2D eigenvalue weighted by atomic mass is 16.5. The van der Waals surface area contributed by atoms with Gasteiger partial charge < -0.3 is 15.4 Å². The Morgan fingerprint density at radius 2 is 2.42 bits per heavy atom. The largest absolute Gasteiger partial charge is 0.497 e. The molecule has 1 aliphatic heterocycles. The fraction of sp³-hybridized carbons (Fsp3) is 0.500. The van der Waals surface area contributed by atoms with Gasteiger partial charge in [0.25, 0.3) is 0 Å². The lowest BCUT2D eigenvalue weighted by Crippen LogP contribution is -2.51. The summed E-state index contributed by atoms with van der Waals surface area (Å²) in [5.41, 5.74) is 0.770. The second-order valence-electron chi connectivity index (χ2n) is 4.80. The Kier molecular flexibility index (Phi) is 4.76. The van der Waals surface area contributed by atoms with Crippen LogP contribution in [0.1, 0.15) is 6.92 Å². The first kappa shape index (κ1) is 13.8. The third kappa shape index (κ3) is 3.94. The SMILES string of the molecule is COc1cccc(NC(=O)CN2CCNCC2C)c1. The topological polar surface area (TPSA) is 53.6 Å². The quantitative estimate of drug-likeness (QED) is 0.848. The van der Waals surface area contributed by atoms with E-state index in [-0.39, 0.29) is 5.91 Å². The molecule has 5 nitrogen and oxygen atoms in total. The summed E-state index contributed by atoms with van der Waals surface area (Å²) in [7, 11) is 1.61. The zero-order valence-electron chi connectivity index (χ0n) is 11.5. The van der Waals surface area contributed by atoms with Crippen molar-refractivity contribution in [1.82, 2.24) is 10.2 Å². The van der Waals surface area contributed by atoms with E-state index in [1.54, 1.807) is 7.11 Å². The van der Waals surface area contributed by atoms with Crippen molar-refractivity contribution in [1.29, 1.82) is 0 Å². The molecule has 0 aromatic heterocycles. The first-order valence-electron chi connectivity index (χ1n) is 6.57. The van der Waals surface area contributed by atoms with Gasteiger partial charge in [0.05, 0.1) is 13.7 Å². The van der Waals surface area contributed by atoms with E-state index in [0.717, 1.165) is 31.1 Å². The molecule has 1 atom stereocenters. The highest BCUT2D eigenvalue weighted by molar-refractivity contribution is 5.92. The van der Waals surface area contributed by atoms with Gasteiger partial charge in [0.1, 0.15) is 5.75 Å². The number of carbonyl (C=O) groups excluding carboxylic acids is 1. The Balaban J connectivity index is 1.89. The number of anilines is 1. The van der Waals surface area contributed by atoms with Gasteiger partial charge in [-0.3, -0.25) is 9.69 Å². The summed E-state index contributed by atoms with van der Waals surface area (Å²) in [6.45, 7) is 5.35.